The molecule has 88 valence electrons. The van der Waals surface area contributed by atoms with Crippen LogP contribution in [0.15, 0.2) is 4.99 Å². The van der Waals surface area contributed by atoms with Crippen molar-refractivity contribution in [1.29, 1.82) is 0 Å². The zero-order chi connectivity index (χ0) is 11.3. The highest BCUT2D eigenvalue weighted by atomic mass is 16.3. The minimum atomic E-state index is -0.627. The van der Waals surface area contributed by atoms with Gasteiger partial charge in [-0.05, 0) is 25.7 Å². The molecule has 0 aromatic carbocycles. The van der Waals surface area contributed by atoms with Crippen molar-refractivity contribution in [3.05, 3.63) is 0 Å². The summed E-state index contributed by atoms with van der Waals surface area (Å²) in [4.78, 5) is 4.18. The standard InChI is InChI=1S/C11H23N3O/c1-3-13-10(12)14-8-11(15)6-4-5-9(2)7-11/h9,15H,3-8H2,1-2H3,(H3,12,13,14). The minimum absolute atomic E-state index is 0.427. The lowest BCUT2D eigenvalue weighted by Crippen LogP contribution is -2.40. The molecule has 0 bridgehead atoms. The lowest BCUT2D eigenvalue weighted by Gasteiger charge is -2.34. The van der Waals surface area contributed by atoms with Crippen LogP contribution >= 0.6 is 0 Å². The molecular weight excluding hydrogens is 190 g/mol. The highest BCUT2D eigenvalue weighted by Crippen LogP contribution is 2.32. The van der Waals surface area contributed by atoms with Crippen molar-refractivity contribution in [1.82, 2.24) is 5.32 Å². The Kier molecular flexibility index (Phi) is 4.39. The maximum absolute atomic E-state index is 10.3. The Hall–Kier alpha value is -0.770. The van der Waals surface area contributed by atoms with Crippen LogP contribution in [-0.2, 0) is 0 Å². The number of nitrogens with zero attached hydrogens (tertiary/aromatic N) is 1. The van der Waals surface area contributed by atoms with E-state index in [9.17, 15) is 5.11 Å². The van der Waals surface area contributed by atoms with Gasteiger partial charge in [0.25, 0.3) is 0 Å². The van der Waals surface area contributed by atoms with E-state index in [0.29, 0.717) is 18.4 Å². The van der Waals surface area contributed by atoms with Crippen molar-refractivity contribution < 1.29 is 5.11 Å². The van der Waals surface area contributed by atoms with Gasteiger partial charge >= 0.3 is 0 Å². The minimum Gasteiger partial charge on any atom is -0.388 e. The van der Waals surface area contributed by atoms with Crippen LogP contribution in [0.2, 0.25) is 0 Å². The smallest absolute Gasteiger partial charge is 0.188 e. The third-order valence-corrected chi connectivity index (χ3v) is 2.97. The van der Waals surface area contributed by atoms with E-state index in [1.807, 2.05) is 6.92 Å². The van der Waals surface area contributed by atoms with E-state index in [-0.39, 0.29) is 0 Å². The van der Waals surface area contributed by atoms with Crippen LogP contribution in [0.1, 0.15) is 39.5 Å². The van der Waals surface area contributed by atoms with Crippen LogP contribution in [0, 0.1) is 5.92 Å². The summed E-state index contributed by atoms with van der Waals surface area (Å²) in [6.45, 7) is 5.35. The monoisotopic (exact) mass is 213 g/mol. The average Bonchev–Trinajstić information content (AvgIpc) is 2.15. The Labute approximate surface area is 92.0 Å². The van der Waals surface area contributed by atoms with Crippen LogP contribution in [0.4, 0.5) is 0 Å². The number of aliphatic hydroxyl groups is 1. The van der Waals surface area contributed by atoms with Crippen molar-refractivity contribution >= 4 is 5.96 Å². The fourth-order valence-electron chi connectivity index (χ4n) is 2.25. The SMILES string of the molecule is CCNC(N)=NCC1(O)CCCC(C)C1. The molecule has 4 heteroatoms. The summed E-state index contributed by atoms with van der Waals surface area (Å²) < 4.78 is 0. The second kappa shape index (κ2) is 5.35. The van der Waals surface area contributed by atoms with Gasteiger partial charge in [-0.2, -0.15) is 0 Å². The Morgan fingerprint density at radius 1 is 1.67 bits per heavy atom. The van der Waals surface area contributed by atoms with E-state index >= 15 is 0 Å². The fraction of sp³-hybridized carbons (Fsp3) is 0.909. The molecule has 1 aliphatic rings. The number of rotatable bonds is 3. The van der Waals surface area contributed by atoms with Gasteiger partial charge in [0.15, 0.2) is 5.96 Å². The van der Waals surface area contributed by atoms with Crippen molar-refractivity contribution in [3.8, 4) is 0 Å². The number of guanidine groups is 1. The quantitative estimate of drug-likeness (QED) is 0.481. The van der Waals surface area contributed by atoms with Crippen LogP contribution in [0.3, 0.4) is 0 Å². The van der Waals surface area contributed by atoms with E-state index in [4.69, 9.17) is 5.73 Å². The lowest BCUT2D eigenvalue weighted by atomic mass is 9.79. The Morgan fingerprint density at radius 3 is 3.00 bits per heavy atom. The van der Waals surface area contributed by atoms with E-state index in [2.05, 4.69) is 17.2 Å². The molecule has 0 aromatic rings. The Balaban J connectivity index is 2.45. The van der Waals surface area contributed by atoms with Crippen molar-refractivity contribution in [3.63, 3.8) is 0 Å². The van der Waals surface area contributed by atoms with E-state index in [0.717, 1.165) is 25.8 Å². The van der Waals surface area contributed by atoms with Gasteiger partial charge in [0, 0.05) is 6.54 Å². The summed E-state index contributed by atoms with van der Waals surface area (Å²) in [6.07, 6.45) is 4.00. The van der Waals surface area contributed by atoms with E-state index in [1.54, 1.807) is 0 Å². The van der Waals surface area contributed by atoms with Crippen LogP contribution in [0.25, 0.3) is 0 Å². The van der Waals surface area contributed by atoms with E-state index < -0.39 is 5.60 Å². The maximum Gasteiger partial charge on any atom is 0.188 e. The molecule has 1 fully saturated rings. The second-order valence-corrected chi connectivity index (χ2v) is 4.66. The third kappa shape index (κ3) is 4.08. The molecule has 0 saturated heterocycles. The van der Waals surface area contributed by atoms with Gasteiger partial charge in [0.2, 0.25) is 0 Å². The number of hydrogen-bond donors (Lipinski definition) is 3. The number of nitrogens with two attached hydrogens (primary N) is 1. The van der Waals surface area contributed by atoms with Gasteiger partial charge in [-0.25, -0.2) is 0 Å². The first kappa shape index (κ1) is 12.3. The highest BCUT2D eigenvalue weighted by Gasteiger charge is 2.32. The normalized spacial score (nSPS) is 32.7. The van der Waals surface area contributed by atoms with Crippen molar-refractivity contribution in [2.75, 3.05) is 13.1 Å². The third-order valence-electron chi connectivity index (χ3n) is 2.97. The fourth-order valence-corrected chi connectivity index (χ4v) is 2.25. The molecule has 0 amide bonds. The van der Waals surface area contributed by atoms with Gasteiger partial charge in [0.1, 0.15) is 0 Å². The largest absolute Gasteiger partial charge is 0.388 e. The van der Waals surface area contributed by atoms with Gasteiger partial charge in [0.05, 0.1) is 12.1 Å². The first-order valence-electron chi connectivity index (χ1n) is 5.82. The molecule has 1 rings (SSSR count). The molecule has 15 heavy (non-hydrogen) atoms. The molecule has 1 saturated carbocycles. The first-order valence-corrected chi connectivity index (χ1v) is 5.82. The maximum atomic E-state index is 10.3. The molecule has 0 radical (unpaired) electrons. The number of nitrogens with one attached hydrogen (secondary N) is 1. The first-order chi connectivity index (χ1) is 7.06. The predicted octanol–water partition coefficient (Wildman–Crippen LogP) is 0.852. The number of aliphatic imine (C=N–C) groups is 1. The summed E-state index contributed by atoms with van der Waals surface area (Å²) in [7, 11) is 0. The lowest BCUT2D eigenvalue weighted by molar-refractivity contribution is -0.00406. The molecule has 0 spiro atoms. The predicted molar refractivity (Wildman–Crippen MR) is 62.7 cm³/mol. The molecule has 4 nitrogen and oxygen atoms in total. The van der Waals surface area contributed by atoms with Gasteiger partial charge < -0.3 is 16.2 Å². The summed E-state index contributed by atoms with van der Waals surface area (Å²) in [5.41, 5.74) is 5.00. The van der Waals surface area contributed by atoms with Gasteiger partial charge in [-0.15, -0.1) is 0 Å². The highest BCUT2D eigenvalue weighted by molar-refractivity contribution is 5.77. The van der Waals surface area contributed by atoms with Crippen LogP contribution in [-0.4, -0.2) is 29.8 Å². The summed E-state index contributed by atoms with van der Waals surface area (Å²) in [5.74, 6) is 1.03. The molecule has 2 atom stereocenters. The Bertz CT molecular complexity index is 230. The summed E-state index contributed by atoms with van der Waals surface area (Å²) in [6, 6.07) is 0. The second-order valence-electron chi connectivity index (χ2n) is 4.66. The number of hydrogen-bond acceptors (Lipinski definition) is 2. The van der Waals surface area contributed by atoms with Crippen molar-refractivity contribution in [2.45, 2.75) is 45.1 Å². The topological polar surface area (TPSA) is 70.6 Å². The molecule has 1 aliphatic carbocycles. The summed E-state index contributed by atoms with van der Waals surface area (Å²) in [5, 5.41) is 13.2. The van der Waals surface area contributed by atoms with Crippen LogP contribution in [0.5, 0.6) is 0 Å². The van der Waals surface area contributed by atoms with Gasteiger partial charge in [-0.1, -0.05) is 19.8 Å². The van der Waals surface area contributed by atoms with E-state index in [1.165, 1.54) is 6.42 Å². The summed E-state index contributed by atoms with van der Waals surface area (Å²) >= 11 is 0. The zero-order valence-electron chi connectivity index (χ0n) is 9.79. The molecule has 0 heterocycles. The molecule has 0 aromatic heterocycles. The Morgan fingerprint density at radius 2 is 2.40 bits per heavy atom. The average molecular weight is 213 g/mol. The van der Waals surface area contributed by atoms with Crippen molar-refractivity contribution in [2.24, 2.45) is 16.6 Å². The zero-order valence-corrected chi connectivity index (χ0v) is 9.79. The molecular formula is C11H23N3O. The molecule has 4 N–H and O–H groups in total. The molecule has 2 unspecified atom stereocenters. The molecule has 0 aliphatic heterocycles. The van der Waals surface area contributed by atoms with Gasteiger partial charge in [-0.3, -0.25) is 4.99 Å². The van der Waals surface area contributed by atoms with Crippen LogP contribution < -0.4 is 11.1 Å².